The van der Waals surface area contributed by atoms with E-state index in [9.17, 15) is 22.4 Å². The molecular formula is C18H19FN2O5S. The number of amides is 1. The number of rotatable bonds is 7. The van der Waals surface area contributed by atoms with E-state index in [0.29, 0.717) is 5.69 Å². The molecular weight excluding hydrogens is 375 g/mol. The molecule has 1 atom stereocenters. The van der Waals surface area contributed by atoms with Gasteiger partial charge in [0.05, 0.1) is 10.5 Å². The molecule has 0 spiro atoms. The van der Waals surface area contributed by atoms with Gasteiger partial charge in [-0.15, -0.1) is 0 Å². The van der Waals surface area contributed by atoms with Crippen LogP contribution in [-0.4, -0.2) is 32.9 Å². The highest BCUT2D eigenvalue weighted by molar-refractivity contribution is 7.89. The Bertz CT molecular complexity index is 912. The normalized spacial score (nSPS) is 12.3. The minimum atomic E-state index is -3.62. The van der Waals surface area contributed by atoms with E-state index >= 15 is 0 Å². The number of benzene rings is 2. The van der Waals surface area contributed by atoms with Crippen molar-refractivity contribution in [3.05, 3.63) is 59.9 Å². The maximum Gasteiger partial charge on any atom is 0.338 e. The van der Waals surface area contributed by atoms with Gasteiger partial charge in [0.2, 0.25) is 10.0 Å². The Morgan fingerprint density at radius 1 is 1.07 bits per heavy atom. The molecule has 2 aromatic rings. The van der Waals surface area contributed by atoms with Crippen LogP contribution >= 0.6 is 0 Å². The van der Waals surface area contributed by atoms with E-state index in [0.717, 1.165) is 0 Å². The number of halogens is 1. The van der Waals surface area contributed by atoms with Gasteiger partial charge in [0, 0.05) is 12.2 Å². The molecule has 2 N–H and O–H groups in total. The molecule has 9 heteroatoms. The van der Waals surface area contributed by atoms with E-state index in [1.165, 1.54) is 55.5 Å². The Labute approximate surface area is 156 Å². The molecule has 7 nitrogen and oxygen atoms in total. The number of ether oxygens (including phenoxy) is 1. The molecule has 0 aliphatic carbocycles. The van der Waals surface area contributed by atoms with Crippen molar-refractivity contribution in [2.75, 3.05) is 11.9 Å². The minimum absolute atomic E-state index is 0.0167. The summed E-state index contributed by atoms with van der Waals surface area (Å²) in [6.45, 7) is 3.29. The summed E-state index contributed by atoms with van der Waals surface area (Å²) >= 11 is 0. The Balaban J connectivity index is 1.99. The molecule has 1 amide bonds. The molecule has 0 aliphatic rings. The molecule has 0 aliphatic heterocycles. The van der Waals surface area contributed by atoms with Gasteiger partial charge < -0.3 is 10.1 Å². The average molecular weight is 394 g/mol. The number of anilines is 1. The van der Waals surface area contributed by atoms with Crippen molar-refractivity contribution in [1.82, 2.24) is 4.72 Å². The Morgan fingerprint density at radius 2 is 1.67 bits per heavy atom. The highest BCUT2D eigenvalue weighted by Gasteiger charge is 2.20. The smallest absolute Gasteiger partial charge is 0.338 e. The summed E-state index contributed by atoms with van der Waals surface area (Å²) < 4.78 is 44.0. The quantitative estimate of drug-likeness (QED) is 0.702. The van der Waals surface area contributed by atoms with Crippen LogP contribution in [0.1, 0.15) is 24.2 Å². The summed E-state index contributed by atoms with van der Waals surface area (Å²) in [7, 11) is -3.62. The fraction of sp³-hybridized carbons (Fsp3) is 0.222. The number of esters is 1. The maximum atomic E-state index is 12.9. The predicted octanol–water partition coefficient (Wildman–Crippen LogP) is 2.31. The lowest BCUT2D eigenvalue weighted by Crippen LogP contribution is -2.30. The van der Waals surface area contributed by atoms with Gasteiger partial charge in [-0.25, -0.2) is 22.3 Å². The van der Waals surface area contributed by atoms with Crippen molar-refractivity contribution in [1.29, 1.82) is 0 Å². The summed E-state index contributed by atoms with van der Waals surface area (Å²) in [5.41, 5.74) is 0.467. The number of nitrogens with one attached hydrogen (secondary N) is 2. The molecule has 0 radical (unpaired) electrons. The summed E-state index contributed by atoms with van der Waals surface area (Å²) in [6, 6.07) is 10.3. The minimum Gasteiger partial charge on any atom is -0.449 e. The zero-order chi connectivity index (χ0) is 20.0. The first kappa shape index (κ1) is 20.5. The molecule has 0 fully saturated rings. The van der Waals surface area contributed by atoms with E-state index in [1.54, 1.807) is 6.92 Å². The van der Waals surface area contributed by atoms with Gasteiger partial charge in [-0.05, 0) is 55.5 Å². The molecule has 0 aromatic heterocycles. The lowest BCUT2D eigenvalue weighted by Gasteiger charge is -2.14. The van der Waals surface area contributed by atoms with Crippen LogP contribution < -0.4 is 10.0 Å². The third-order valence-corrected chi connectivity index (χ3v) is 5.06. The third kappa shape index (κ3) is 5.60. The number of carbonyl (C=O) groups excluding carboxylic acids is 2. The van der Waals surface area contributed by atoms with Gasteiger partial charge in [0.15, 0.2) is 6.10 Å². The lowest BCUT2D eigenvalue weighted by molar-refractivity contribution is -0.123. The second-order valence-electron chi connectivity index (χ2n) is 5.57. The van der Waals surface area contributed by atoms with Crippen LogP contribution in [0, 0.1) is 5.82 Å². The average Bonchev–Trinajstić information content (AvgIpc) is 2.63. The van der Waals surface area contributed by atoms with Crippen molar-refractivity contribution in [2.45, 2.75) is 24.8 Å². The van der Waals surface area contributed by atoms with Crippen LogP contribution in [-0.2, 0) is 19.6 Å². The molecule has 2 rings (SSSR count). The van der Waals surface area contributed by atoms with Crippen LogP contribution in [0.25, 0.3) is 0 Å². The predicted molar refractivity (Wildman–Crippen MR) is 97.2 cm³/mol. The van der Waals surface area contributed by atoms with E-state index < -0.39 is 33.8 Å². The molecule has 144 valence electrons. The largest absolute Gasteiger partial charge is 0.449 e. The van der Waals surface area contributed by atoms with Crippen molar-refractivity contribution >= 4 is 27.6 Å². The highest BCUT2D eigenvalue weighted by atomic mass is 32.2. The van der Waals surface area contributed by atoms with Gasteiger partial charge in [0.1, 0.15) is 5.82 Å². The Morgan fingerprint density at radius 3 is 2.22 bits per heavy atom. The molecule has 0 unspecified atom stereocenters. The van der Waals surface area contributed by atoms with Gasteiger partial charge in [-0.1, -0.05) is 6.92 Å². The van der Waals surface area contributed by atoms with E-state index in [1.807, 2.05) is 0 Å². The zero-order valence-corrected chi connectivity index (χ0v) is 15.5. The Kier molecular flexibility index (Phi) is 6.65. The molecule has 27 heavy (non-hydrogen) atoms. The first-order valence-electron chi connectivity index (χ1n) is 8.10. The van der Waals surface area contributed by atoms with Crippen LogP contribution in [0.4, 0.5) is 10.1 Å². The van der Waals surface area contributed by atoms with E-state index in [-0.39, 0.29) is 17.0 Å². The second kappa shape index (κ2) is 8.74. The van der Waals surface area contributed by atoms with Crippen molar-refractivity contribution in [3.63, 3.8) is 0 Å². The summed E-state index contributed by atoms with van der Waals surface area (Å²) in [5, 5.41) is 2.50. The number of hydrogen-bond acceptors (Lipinski definition) is 5. The third-order valence-electron chi connectivity index (χ3n) is 3.50. The van der Waals surface area contributed by atoms with E-state index in [4.69, 9.17) is 4.74 Å². The number of hydrogen-bond donors (Lipinski definition) is 2. The molecule has 0 heterocycles. The molecule has 0 saturated carbocycles. The molecule has 0 saturated heterocycles. The second-order valence-corrected chi connectivity index (χ2v) is 7.34. The van der Waals surface area contributed by atoms with E-state index in [2.05, 4.69) is 10.0 Å². The van der Waals surface area contributed by atoms with Gasteiger partial charge in [0.25, 0.3) is 5.91 Å². The Hall–Kier alpha value is -2.78. The molecule has 0 bridgehead atoms. The number of carbonyl (C=O) groups is 2. The van der Waals surface area contributed by atoms with Crippen LogP contribution in [0.15, 0.2) is 53.4 Å². The monoisotopic (exact) mass is 394 g/mol. The van der Waals surface area contributed by atoms with Gasteiger partial charge in [-0.3, -0.25) is 4.79 Å². The van der Waals surface area contributed by atoms with Crippen molar-refractivity contribution < 1.29 is 27.1 Å². The number of sulfonamides is 1. The van der Waals surface area contributed by atoms with Crippen molar-refractivity contribution in [3.8, 4) is 0 Å². The van der Waals surface area contributed by atoms with Gasteiger partial charge in [-0.2, -0.15) is 0 Å². The fourth-order valence-electron chi connectivity index (χ4n) is 2.10. The summed E-state index contributed by atoms with van der Waals surface area (Å²) in [6.07, 6.45) is -1.10. The summed E-state index contributed by atoms with van der Waals surface area (Å²) in [4.78, 5) is 24.2. The fourth-order valence-corrected chi connectivity index (χ4v) is 3.14. The topological polar surface area (TPSA) is 102 Å². The standard InChI is InChI=1S/C18H19FN2O5S/c1-3-20-27(24,25)16-10-4-13(5-11-16)18(23)26-12(2)17(22)21-15-8-6-14(19)7-9-15/h4-12,20H,3H2,1-2H3,(H,21,22)/t12-/m1/s1. The van der Waals surface area contributed by atoms with Gasteiger partial charge >= 0.3 is 5.97 Å². The first-order chi connectivity index (χ1) is 12.7. The zero-order valence-electron chi connectivity index (χ0n) is 14.7. The van der Waals surface area contributed by atoms with Crippen LogP contribution in [0.2, 0.25) is 0 Å². The highest BCUT2D eigenvalue weighted by Crippen LogP contribution is 2.13. The lowest BCUT2D eigenvalue weighted by atomic mass is 10.2. The SMILES string of the molecule is CCNS(=O)(=O)c1ccc(C(=O)O[C@H](C)C(=O)Nc2ccc(F)cc2)cc1. The molecule has 2 aromatic carbocycles. The van der Waals surface area contributed by atoms with Crippen LogP contribution in [0.3, 0.4) is 0 Å². The maximum absolute atomic E-state index is 12.9. The van der Waals surface area contributed by atoms with Crippen LogP contribution in [0.5, 0.6) is 0 Å². The first-order valence-corrected chi connectivity index (χ1v) is 9.58. The summed E-state index contributed by atoms with van der Waals surface area (Å²) in [5.74, 6) is -1.79. The van der Waals surface area contributed by atoms with Crippen molar-refractivity contribution in [2.24, 2.45) is 0 Å².